The summed E-state index contributed by atoms with van der Waals surface area (Å²) in [4.78, 5) is 1.81. The van der Waals surface area contributed by atoms with E-state index in [-0.39, 0.29) is 5.96 Å². The highest BCUT2D eigenvalue weighted by Gasteiger charge is 2.23. The quantitative estimate of drug-likeness (QED) is 0.238. The Morgan fingerprint density at radius 2 is 2.30 bits per heavy atom. The molecule has 4 heteroatoms. The summed E-state index contributed by atoms with van der Waals surface area (Å²) < 4.78 is 0. The molecule has 58 valence electrons. The molecular weight excluding hydrogens is 130 g/mol. The van der Waals surface area contributed by atoms with Gasteiger partial charge in [-0.2, -0.15) is 0 Å². The van der Waals surface area contributed by atoms with Crippen LogP contribution in [0.5, 0.6) is 0 Å². The number of oxime groups is 1. The maximum atomic E-state index is 8.29. The van der Waals surface area contributed by atoms with Gasteiger partial charge in [-0.3, -0.25) is 0 Å². The Balaban J connectivity index is 2.39. The fourth-order valence-corrected chi connectivity index (χ4v) is 1.03. The molecule has 0 atom stereocenters. The molecule has 0 aromatic heterocycles. The molecule has 0 spiro atoms. The number of nitrogens with zero attached hydrogens (tertiary/aromatic N) is 2. The lowest BCUT2D eigenvalue weighted by molar-refractivity contribution is 0.224. The van der Waals surface area contributed by atoms with Crippen molar-refractivity contribution in [1.82, 2.24) is 4.90 Å². The third-order valence-corrected chi connectivity index (χ3v) is 2.09. The molecule has 0 aliphatic heterocycles. The van der Waals surface area contributed by atoms with Crippen molar-refractivity contribution in [3.8, 4) is 0 Å². The Hall–Kier alpha value is -0.930. The number of guanidine groups is 1. The van der Waals surface area contributed by atoms with Gasteiger partial charge in [0.1, 0.15) is 0 Å². The summed E-state index contributed by atoms with van der Waals surface area (Å²) in [6.45, 7) is 0. The Morgan fingerprint density at radius 3 is 2.60 bits per heavy atom. The van der Waals surface area contributed by atoms with Crippen LogP contribution in [0, 0.1) is 0 Å². The first-order valence-electron chi connectivity index (χ1n) is 3.46. The smallest absolute Gasteiger partial charge is 0.233 e. The molecular formula is C6H13N3O. The van der Waals surface area contributed by atoms with E-state index in [0.29, 0.717) is 6.04 Å². The zero-order chi connectivity index (χ0) is 7.56. The van der Waals surface area contributed by atoms with Crippen molar-refractivity contribution in [2.45, 2.75) is 25.3 Å². The zero-order valence-electron chi connectivity index (χ0n) is 6.12. The van der Waals surface area contributed by atoms with E-state index < -0.39 is 0 Å². The predicted molar refractivity (Wildman–Crippen MR) is 38.8 cm³/mol. The van der Waals surface area contributed by atoms with Crippen molar-refractivity contribution < 1.29 is 5.21 Å². The van der Waals surface area contributed by atoms with E-state index >= 15 is 0 Å². The lowest BCUT2D eigenvalue weighted by atomic mass is 9.92. The lowest BCUT2D eigenvalue weighted by Crippen LogP contribution is -2.45. The minimum Gasteiger partial charge on any atom is -0.408 e. The van der Waals surface area contributed by atoms with Crippen LogP contribution in [0.3, 0.4) is 0 Å². The third-order valence-electron chi connectivity index (χ3n) is 2.09. The van der Waals surface area contributed by atoms with Crippen LogP contribution in [0.4, 0.5) is 0 Å². The van der Waals surface area contributed by atoms with Gasteiger partial charge in [0.2, 0.25) is 5.96 Å². The molecule has 1 rings (SSSR count). The van der Waals surface area contributed by atoms with Crippen molar-refractivity contribution in [2.24, 2.45) is 10.9 Å². The van der Waals surface area contributed by atoms with Gasteiger partial charge in [0.15, 0.2) is 0 Å². The average molecular weight is 143 g/mol. The summed E-state index contributed by atoms with van der Waals surface area (Å²) in [7, 11) is 1.85. The van der Waals surface area contributed by atoms with E-state index in [4.69, 9.17) is 10.9 Å². The molecule has 3 N–H and O–H groups in total. The van der Waals surface area contributed by atoms with Gasteiger partial charge in [0.05, 0.1) is 0 Å². The van der Waals surface area contributed by atoms with Gasteiger partial charge in [0, 0.05) is 13.1 Å². The summed E-state index contributed by atoms with van der Waals surface area (Å²) in [5, 5.41) is 11.2. The topological polar surface area (TPSA) is 61.8 Å². The van der Waals surface area contributed by atoms with E-state index in [2.05, 4.69) is 5.16 Å². The SMILES string of the molecule is CN(C(N)=NO)C1CCC1. The molecule has 0 heterocycles. The van der Waals surface area contributed by atoms with Crippen molar-refractivity contribution in [3.63, 3.8) is 0 Å². The highest BCUT2D eigenvalue weighted by molar-refractivity contribution is 5.77. The summed E-state index contributed by atoms with van der Waals surface area (Å²) in [6.07, 6.45) is 3.58. The third kappa shape index (κ3) is 1.15. The summed E-state index contributed by atoms with van der Waals surface area (Å²) >= 11 is 0. The summed E-state index contributed by atoms with van der Waals surface area (Å²) in [6, 6.07) is 0.496. The molecule has 0 aromatic rings. The van der Waals surface area contributed by atoms with Crippen LogP contribution in [0.2, 0.25) is 0 Å². The summed E-state index contributed by atoms with van der Waals surface area (Å²) in [5.41, 5.74) is 5.35. The van der Waals surface area contributed by atoms with E-state index in [1.165, 1.54) is 6.42 Å². The second-order valence-corrected chi connectivity index (χ2v) is 2.65. The molecule has 1 aliphatic carbocycles. The first kappa shape index (κ1) is 7.18. The van der Waals surface area contributed by atoms with Gasteiger partial charge < -0.3 is 15.8 Å². The molecule has 0 aromatic carbocycles. The van der Waals surface area contributed by atoms with E-state index in [0.717, 1.165) is 12.8 Å². The van der Waals surface area contributed by atoms with E-state index in [9.17, 15) is 0 Å². The maximum absolute atomic E-state index is 8.29. The van der Waals surface area contributed by atoms with Crippen molar-refractivity contribution >= 4 is 5.96 Å². The van der Waals surface area contributed by atoms with Crippen molar-refractivity contribution in [2.75, 3.05) is 7.05 Å². The van der Waals surface area contributed by atoms with Crippen LogP contribution in [0.1, 0.15) is 19.3 Å². The molecule has 0 bridgehead atoms. The van der Waals surface area contributed by atoms with Gasteiger partial charge in [-0.05, 0) is 19.3 Å². The molecule has 4 nitrogen and oxygen atoms in total. The highest BCUT2D eigenvalue weighted by Crippen LogP contribution is 2.22. The van der Waals surface area contributed by atoms with Crippen LogP contribution < -0.4 is 5.73 Å². The number of nitrogens with two attached hydrogens (primary N) is 1. The Kier molecular flexibility index (Phi) is 1.99. The molecule has 0 unspecified atom stereocenters. The number of hydrogen-bond donors (Lipinski definition) is 2. The van der Waals surface area contributed by atoms with Crippen molar-refractivity contribution in [1.29, 1.82) is 0 Å². The Bertz CT molecular complexity index is 142. The van der Waals surface area contributed by atoms with Crippen LogP contribution in [-0.2, 0) is 0 Å². The number of rotatable bonds is 1. The van der Waals surface area contributed by atoms with Crippen LogP contribution in [-0.4, -0.2) is 29.2 Å². The van der Waals surface area contributed by atoms with Crippen LogP contribution in [0.15, 0.2) is 5.16 Å². The van der Waals surface area contributed by atoms with E-state index in [1.54, 1.807) is 0 Å². The average Bonchev–Trinajstić information content (AvgIpc) is 1.82. The fourth-order valence-electron chi connectivity index (χ4n) is 1.03. The molecule has 10 heavy (non-hydrogen) atoms. The predicted octanol–water partition coefficient (Wildman–Crippen LogP) is 0.175. The van der Waals surface area contributed by atoms with E-state index in [1.807, 2.05) is 11.9 Å². The minimum absolute atomic E-state index is 0.213. The highest BCUT2D eigenvalue weighted by atomic mass is 16.4. The second kappa shape index (κ2) is 2.77. The second-order valence-electron chi connectivity index (χ2n) is 2.65. The van der Waals surface area contributed by atoms with Gasteiger partial charge in [-0.15, -0.1) is 0 Å². The normalized spacial score (nSPS) is 20.3. The van der Waals surface area contributed by atoms with Crippen LogP contribution >= 0.6 is 0 Å². The molecule has 0 radical (unpaired) electrons. The summed E-state index contributed by atoms with van der Waals surface area (Å²) in [5.74, 6) is 0.213. The minimum atomic E-state index is 0.213. The first-order chi connectivity index (χ1) is 4.75. The molecule has 1 saturated carbocycles. The Labute approximate surface area is 60.3 Å². The van der Waals surface area contributed by atoms with Crippen LogP contribution in [0.25, 0.3) is 0 Å². The van der Waals surface area contributed by atoms with Crippen molar-refractivity contribution in [3.05, 3.63) is 0 Å². The van der Waals surface area contributed by atoms with Gasteiger partial charge >= 0.3 is 0 Å². The standard InChI is InChI=1S/C6H13N3O/c1-9(6(7)8-10)5-3-2-4-5/h5,10H,2-4H2,1H3,(H2,7,8). The van der Waals surface area contributed by atoms with Gasteiger partial charge in [0.25, 0.3) is 0 Å². The monoisotopic (exact) mass is 143 g/mol. The first-order valence-corrected chi connectivity index (χ1v) is 3.46. The maximum Gasteiger partial charge on any atom is 0.233 e. The number of hydrogen-bond acceptors (Lipinski definition) is 2. The molecule has 1 aliphatic rings. The largest absolute Gasteiger partial charge is 0.408 e. The van der Waals surface area contributed by atoms with Gasteiger partial charge in [-0.1, -0.05) is 5.16 Å². The fraction of sp³-hybridized carbons (Fsp3) is 0.833. The Morgan fingerprint density at radius 1 is 1.70 bits per heavy atom. The van der Waals surface area contributed by atoms with Gasteiger partial charge in [-0.25, -0.2) is 0 Å². The molecule has 0 saturated heterocycles. The lowest BCUT2D eigenvalue weighted by Gasteiger charge is -2.34. The zero-order valence-corrected chi connectivity index (χ0v) is 6.12. The molecule has 0 amide bonds. The molecule has 1 fully saturated rings.